The van der Waals surface area contributed by atoms with Gasteiger partial charge in [0.25, 0.3) is 0 Å². The SMILES string of the molecule is CCCCC(C)CC(O)C=CC1C(C)CCC1O. The average molecular weight is 254 g/mol. The second-order valence-electron chi connectivity index (χ2n) is 6.13. The molecule has 2 heteroatoms. The Balaban J connectivity index is 2.32. The number of hydrogen-bond donors (Lipinski definition) is 2. The molecule has 106 valence electrons. The van der Waals surface area contributed by atoms with Gasteiger partial charge >= 0.3 is 0 Å². The summed E-state index contributed by atoms with van der Waals surface area (Å²) in [5, 5.41) is 19.8. The summed E-state index contributed by atoms with van der Waals surface area (Å²) in [6, 6.07) is 0. The van der Waals surface area contributed by atoms with Crippen molar-refractivity contribution >= 4 is 0 Å². The van der Waals surface area contributed by atoms with E-state index in [2.05, 4.69) is 20.8 Å². The highest BCUT2D eigenvalue weighted by atomic mass is 16.3. The van der Waals surface area contributed by atoms with E-state index in [-0.39, 0.29) is 18.1 Å². The second kappa shape index (κ2) is 7.96. The van der Waals surface area contributed by atoms with Crippen LogP contribution in [0, 0.1) is 17.8 Å². The Kier molecular flexibility index (Phi) is 6.95. The smallest absolute Gasteiger partial charge is 0.0723 e. The van der Waals surface area contributed by atoms with E-state index in [0.717, 1.165) is 19.3 Å². The first kappa shape index (κ1) is 15.7. The molecule has 1 saturated carbocycles. The first-order chi connectivity index (χ1) is 8.54. The van der Waals surface area contributed by atoms with Gasteiger partial charge in [0.2, 0.25) is 0 Å². The first-order valence-corrected chi connectivity index (χ1v) is 7.59. The van der Waals surface area contributed by atoms with Crippen molar-refractivity contribution in [2.45, 2.75) is 71.5 Å². The van der Waals surface area contributed by atoms with Crippen molar-refractivity contribution in [1.29, 1.82) is 0 Å². The largest absolute Gasteiger partial charge is 0.393 e. The molecule has 0 bridgehead atoms. The summed E-state index contributed by atoms with van der Waals surface area (Å²) >= 11 is 0. The lowest BCUT2D eigenvalue weighted by Crippen LogP contribution is -2.16. The zero-order valence-corrected chi connectivity index (χ0v) is 12.2. The predicted octanol–water partition coefficient (Wildman–Crippen LogP) is 3.53. The topological polar surface area (TPSA) is 40.5 Å². The Hall–Kier alpha value is -0.340. The molecule has 0 radical (unpaired) electrons. The fourth-order valence-corrected chi connectivity index (χ4v) is 2.93. The summed E-state index contributed by atoms with van der Waals surface area (Å²) in [7, 11) is 0. The van der Waals surface area contributed by atoms with E-state index in [0.29, 0.717) is 11.8 Å². The molecule has 1 rings (SSSR count). The third kappa shape index (κ3) is 5.11. The number of hydrogen-bond acceptors (Lipinski definition) is 2. The van der Waals surface area contributed by atoms with Crippen LogP contribution in [0.2, 0.25) is 0 Å². The van der Waals surface area contributed by atoms with Gasteiger partial charge in [0.1, 0.15) is 0 Å². The standard InChI is InChI=1S/C16H30O2/c1-4-5-6-12(2)11-14(17)8-9-15-13(3)7-10-16(15)18/h8-9,12-18H,4-7,10-11H2,1-3H3. The molecule has 0 aromatic rings. The highest BCUT2D eigenvalue weighted by Crippen LogP contribution is 2.32. The molecule has 0 saturated heterocycles. The highest BCUT2D eigenvalue weighted by molar-refractivity contribution is 5.00. The fourth-order valence-electron chi connectivity index (χ4n) is 2.93. The Morgan fingerprint density at radius 1 is 1.33 bits per heavy atom. The van der Waals surface area contributed by atoms with Crippen LogP contribution in [0.4, 0.5) is 0 Å². The van der Waals surface area contributed by atoms with Crippen LogP contribution < -0.4 is 0 Å². The van der Waals surface area contributed by atoms with E-state index < -0.39 is 0 Å². The lowest BCUT2D eigenvalue weighted by atomic mass is 9.93. The van der Waals surface area contributed by atoms with Gasteiger partial charge in [-0.3, -0.25) is 0 Å². The molecule has 0 aromatic carbocycles. The van der Waals surface area contributed by atoms with Crippen LogP contribution in [0.5, 0.6) is 0 Å². The molecule has 2 N–H and O–H groups in total. The Morgan fingerprint density at radius 2 is 2.06 bits per heavy atom. The Bertz CT molecular complexity index is 239. The number of aliphatic hydroxyl groups is 2. The van der Waals surface area contributed by atoms with Crippen molar-refractivity contribution in [3.05, 3.63) is 12.2 Å². The maximum absolute atomic E-state index is 9.98. The van der Waals surface area contributed by atoms with Crippen LogP contribution in [0.1, 0.15) is 59.3 Å². The molecular formula is C16H30O2. The van der Waals surface area contributed by atoms with Crippen molar-refractivity contribution < 1.29 is 10.2 Å². The van der Waals surface area contributed by atoms with Gasteiger partial charge in [0.05, 0.1) is 12.2 Å². The quantitative estimate of drug-likeness (QED) is 0.682. The third-order valence-corrected chi connectivity index (χ3v) is 4.27. The summed E-state index contributed by atoms with van der Waals surface area (Å²) in [5.41, 5.74) is 0. The summed E-state index contributed by atoms with van der Waals surface area (Å²) < 4.78 is 0. The van der Waals surface area contributed by atoms with E-state index >= 15 is 0 Å². The minimum Gasteiger partial charge on any atom is -0.393 e. The lowest BCUT2D eigenvalue weighted by molar-refractivity contribution is 0.142. The zero-order chi connectivity index (χ0) is 13.5. The van der Waals surface area contributed by atoms with E-state index in [1.807, 2.05) is 12.2 Å². The van der Waals surface area contributed by atoms with Crippen LogP contribution in [-0.2, 0) is 0 Å². The first-order valence-electron chi connectivity index (χ1n) is 7.59. The molecule has 0 amide bonds. The van der Waals surface area contributed by atoms with Gasteiger partial charge in [-0.25, -0.2) is 0 Å². The van der Waals surface area contributed by atoms with E-state index in [4.69, 9.17) is 0 Å². The maximum Gasteiger partial charge on any atom is 0.0723 e. The van der Waals surface area contributed by atoms with Crippen LogP contribution >= 0.6 is 0 Å². The van der Waals surface area contributed by atoms with E-state index in [1.54, 1.807) is 0 Å². The molecule has 5 unspecified atom stereocenters. The number of unbranched alkanes of at least 4 members (excludes halogenated alkanes) is 1. The van der Waals surface area contributed by atoms with Gasteiger partial charge in [-0.15, -0.1) is 0 Å². The van der Waals surface area contributed by atoms with Crippen LogP contribution in [0.25, 0.3) is 0 Å². The molecule has 0 aromatic heterocycles. The van der Waals surface area contributed by atoms with Gasteiger partial charge in [0.15, 0.2) is 0 Å². The zero-order valence-electron chi connectivity index (χ0n) is 12.2. The third-order valence-electron chi connectivity index (χ3n) is 4.27. The summed E-state index contributed by atoms with van der Waals surface area (Å²) in [5.74, 6) is 1.36. The molecule has 18 heavy (non-hydrogen) atoms. The van der Waals surface area contributed by atoms with Gasteiger partial charge in [0, 0.05) is 5.92 Å². The van der Waals surface area contributed by atoms with Crippen molar-refractivity contribution in [3.8, 4) is 0 Å². The summed E-state index contributed by atoms with van der Waals surface area (Å²) in [6.07, 6.45) is 9.89. The summed E-state index contributed by atoms with van der Waals surface area (Å²) in [4.78, 5) is 0. The predicted molar refractivity (Wildman–Crippen MR) is 76.3 cm³/mol. The molecule has 5 atom stereocenters. The average Bonchev–Trinajstić information content (AvgIpc) is 2.64. The van der Waals surface area contributed by atoms with Crippen LogP contribution in [0.3, 0.4) is 0 Å². The fraction of sp³-hybridized carbons (Fsp3) is 0.875. The van der Waals surface area contributed by atoms with Gasteiger partial charge in [-0.1, -0.05) is 52.2 Å². The molecule has 0 aliphatic heterocycles. The molecule has 2 nitrogen and oxygen atoms in total. The minimum atomic E-state index is -0.350. The Labute approximate surface area is 112 Å². The molecule has 0 spiro atoms. The van der Waals surface area contributed by atoms with Crippen molar-refractivity contribution in [2.24, 2.45) is 17.8 Å². The lowest BCUT2D eigenvalue weighted by Gasteiger charge is -2.17. The van der Waals surface area contributed by atoms with Crippen molar-refractivity contribution in [3.63, 3.8) is 0 Å². The molecule has 1 aliphatic rings. The normalized spacial score (nSPS) is 31.9. The summed E-state index contributed by atoms with van der Waals surface area (Å²) in [6.45, 7) is 6.59. The van der Waals surface area contributed by atoms with Gasteiger partial charge in [-0.2, -0.15) is 0 Å². The van der Waals surface area contributed by atoms with E-state index in [1.165, 1.54) is 19.3 Å². The van der Waals surface area contributed by atoms with Gasteiger partial charge < -0.3 is 10.2 Å². The molecule has 0 heterocycles. The highest BCUT2D eigenvalue weighted by Gasteiger charge is 2.29. The monoisotopic (exact) mass is 254 g/mol. The second-order valence-corrected chi connectivity index (χ2v) is 6.13. The molecule has 1 fully saturated rings. The van der Waals surface area contributed by atoms with Crippen LogP contribution in [-0.4, -0.2) is 22.4 Å². The van der Waals surface area contributed by atoms with E-state index in [9.17, 15) is 10.2 Å². The maximum atomic E-state index is 9.98. The van der Waals surface area contributed by atoms with Crippen molar-refractivity contribution in [2.75, 3.05) is 0 Å². The number of aliphatic hydroxyl groups excluding tert-OH is 2. The van der Waals surface area contributed by atoms with Crippen LogP contribution in [0.15, 0.2) is 12.2 Å². The van der Waals surface area contributed by atoms with Gasteiger partial charge in [-0.05, 0) is 31.1 Å². The number of rotatable bonds is 7. The van der Waals surface area contributed by atoms with Crippen molar-refractivity contribution in [1.82, 2.24) is 0 Å². The minimum absolute atomic E-state index is 0.207. The molecule has 1 aliphatic carbocycles. The Morgan fingerprint density at radius 3 is 2.61 bits per heavy atom. The molecular weight excluding hydrogens is 224 g/mol.